The fraction of sp³-hybridized carbons (Fsp3) is 0.500. The van der Waals surface area contributed by atoms with Crippen LogP contribution in [0.5, 0.6) is 0 Å². The molecule has 1 aromatic heterocycles. The summed E-state index contributed by atoms with van der Waals surface area (Å²) in [6, 6.07) is 3.49. The van der Waals surface area contributed by atoms with Crippen LogP contribution < -0.4 is 0 Å². The van der Waals surface area contributed by atoms with E-state index in [9.17, 15) is 4.79 Å². The first-order chi connectivity index (χ1) is 7.68. The van der Waals surface area contributed by atoms with E-state index in [1.54, 1.807) is 6.07 Å². The van der Waals surface area contributed by atoms with Crippen molar-refractivity contribution in [2.75, 3.05) is 0 Å². The summed E-state index contributed by atoms with van der Waals surface area (Å²) in [5.74, 6) is -0.646. The highest BCUT2D eigenvalue weighted by Gasteiger charge is 2.22. The highest BCUT2D eigenvalue weighted by atomic mass is 35.5. The summed E-state index contributed by atoms with van der Waals surface area (Å²) in [7, 11) is 0. The zero-order valence-electron chi connectivity index (χ0n) is 8.95. The molecule has 4 heteroatoms. The van der Waals surface area contributed by atoms with E-state index in [1.807, 2.05) is 6.07 Å². The number of hydrogen-bond acceptors (Lipinski definition) is 2. The Morgan fingerprint density at radius 2 is 2.00 bits per heavy atom. The van der Waals surface area contributed by atoms with Crippen molar-refractivity contribution in [3.63, 3.8) is 0 Å². The number of carboxylic acids is 1. The molecule has 0 aliphatic heterocycles. The van der Waals surface area contributed by atoms with Crippen LogP contribution in [0.2, 0.25) is 5.15 Å². The molecule has 1 N–H and O–H groups in total. The summed E-state index contributed by atoms with van der Waals surface area (Å²) >= 11 is 5.73. The molecular weight excluding hydrogens is 226 g/mol. The summed E-state index contributed by atoms with van der Waals surface area (Å²) in [6.07, 6.45) is 5.71. The van der Waals surface area contributed by atoms with Gasteiger partial charge in [-0.2, -0.15) is 0 Å². The quantitative estimate of drug-likeness (QED) is 0.804. The van der Waals surface area contributed by atoms with Gasteiger partial charge in [0.05, 0.1) is 0 Å². The molecular formula is C12H14ClNO2. The second-order valence-electron chi connectivity index (χ2n) is 4.21. The van der Waals surface area contributed by atoms with Crippen LogP contribution in [0.25, 0.3) is 0 Å². The second kappa shape index (κ2) is 4.83. The Balaban J connectivity index is 2.34. The van der Waals surface area contributed by atoms with E-state index >= 15 is 0 Å². The van der Waals surface area contributed by atoms with Crippen molar-refractivity contribution < 1.29 is 9.90 Å². The molecule has 3 nitrogen and oxygen atoms in total. The van der Waals surface area contributed by atoms with Crippen LogP contribution in [-0.2, 0) is 0 Å². The van der Waals surface area contributed by atoms with E-state index in [4.69, 9.17) is 16.7 Å². The van der Waals surface area contributed by atoms with Gasteiger partial charge >= 0.3 is 5.97 Å². The molecule has 1 aliphatic rings. The third-order valence-corrected chi connectivity index (χ3v) is 3.35. The summed E-state index contributed by atoms with van der Waals surface area (Å²) in [5, 5.41) is 9.35. The third kappa shape index (κ3) is 2.35. The zero-order valence-corrected chi connectivity index (χ0v) is 9.70. The number of aromatic carboxylic acids is 1. The predicted octanol–water partition coefficient (Wildman–Crippen LogP) is 3.48. The van der Waals surface area contributed by atoms with Gasteiger partial charge in [-0.1, -0.05) is 36.9 Å². The van der Waals surface area contributed by atoms with Crippen molar-refractivity contribution in [3.8, 4) is 0 Å². The maximum Gasteiger partial charge on any atom is 0.354 e. The molecule has 0 saturated heterocycles. The van der Waals surface area contributed by atoms with E-state index in [-0.39, 0.29) is 10.8 Å². The molecule has 1 heterocycles. The lowest BCUT2D eigenvalue weighted by atomic mass is 9.83. The Morgan fingerprint density at radius 1 is 1.31 bits per heavy atom. The van der Waals surface area contributed by atoms with Gasteiger partial charge in [-0.3, -0.25) is 0 Å². The number of hydrogen-bond donors (Lipinski definition) is 1. The number of carbonyl (C=O) groups is 1. The Morgan fingerprint density at radius 3 is 2.62 bits per heavy atom. The lowest BCUT2D eigenvalue weighted by Gasteiger charge is -2.22. The number of carboxylic acid groups (broad SMARTS) is 1. The summed E-state index contributed by atoms with van der Waals surface area (Å²) < 4.78 is 0. The van der Waals surface area contributed by atoms with Gasteiger partial charge in [0.15, 0.2) is 5.69 Å². The van der Waals surface area contributed by atoms with Gasteiger partial charge in [0, 0.05) is 0 Å². The number of aromatic nitrogens is 1. The summed E-state index contributed by atoms with van der Waals surface area (Å²) in [6.45, 7) is 0. The molecule has 1 saturated carbocycles. The molecule has 16 heavy (non-hydrogen) atoms. The van der Waals surface area contributed by atoms with Crippen molar-refractivity contribution >= 4 is 17.6 Å². The average molecular weight is 240 g/mol. The van der Waals surface area contributed by atoms with Gasteiger partial charge in [0.25, 0.3) is 0 Å². The van der Waals surface area contributed by atoms with E-state index in [2.05, 4.69) is 4.98 Å². The highest BCUT2D eigenvalue weighted by Crippen LogP contribution is 2.34. The van der Waals surface area contributed by atoms with E-state index in [1.165, 1.54) is 19.3 Å². The minimum absolute atomic E-state index is 0.124. The second-order valence-corrected chi connectivity index (χ2v) is 4.60. The zero-order chi connectivity index (χ0) is 11.5. The standard InChI is InChI=1S/C12H14ClNO2/c13-10-7-6-9(11(14-10)12(15)16)8-4-2-1-3-5-8/h6-8H,1-5H2,(H,15,16). The highest BCUT2D eigenvalue weighted by molar-refractivity contribution is 6.29. The lowest BCUT2D eigenvalue weighted by Crippen LogP contribution is -2.12. The molecule has 0 atom stereocenters. The largest absolute Gasteiger partial charge is 0.477 e. The first-order valence-corrected chi connectivity index (χ1v) is 5.96. The maximum atomic E-state index is 11.1. The topological polar surface area (TPSA) is 50.2 Å². The molecule has 0 unspecified atom stereocenters. The van der Waals surface area contributed by atoms with Gasteiger partial charge < -0.3 is 5.11 Å². The van der Waals surface area contributed by atoms with E-state index in [0.717, 1.165) is 18.4 Å². The number of halogens is 1. The number of rotatable bonds is 2. The number of nitrogens with zero attached hydrogens (tertiary/aromatic N) is 1. The Bertz CT molecular complexity index is 400. The summed E-state index contributed by atoms with van der Waals surface area (Å²) in [4.78, 5) is 15.0. The van der Waals surface area contributed by atoms with Crippen molar-refractivity contribution in [1.82, 2.24) is 4.98 Å². The first kappa shape index (κ1) is 11.4. The van der Waals surface area contributed by atoms with Crippen LogP contribution in [0.4, 0.5) is 0 Å². The van der Waals surface area contributed by atoms with Gasteiger partial charge in [-0.25, -0.2) is 9.78 Å². The molecule has 1 fully saturated rings. The fourth-order valence-electron chi connectivity index (χ4n) is 2.36. The lowest BCUT2D eigenvalue weighted by molar-refractivity contribution is 0.0688. The van der Waals surface area contributed by atoms with Crippen molar-refractivity contribution in [3.05, 3.63) is 28.5 Å². The molecule has 1 aliphatic carbocycles. The van der Waals surface area contributed by atoms with Gasteiger partial charge in [-0.05, 0) is 30.4 Å². The normalized spacial score (nSPS) is 17.3. The van der Waals surface area contributed by atoms with Crippen LogP contribution in [0.3, 0.4) is 0 Å². The Labute approximate surface area is 99.5 Å². The Hall–Kier alpha value is -1.09. The van der Waals surface area contributed by atoms with Gasteiger partial charge in [-0.15, -0.1) is 0 Å². The SMILES string of the molecule is O=C(O)c1nc(Cl)ccc1C1CCCCC1. The Kier molecular flexibility index (Phi) is 3.44. The fourth-order valence-corrected chi connectivity index (χ4v) is 2.51. The van der Waals surface area contributed by atoms with Crippen molar-refractivity contribution in [2.45, 2.75) is 38.0 Å². The minimum Gasteiger partial charge on any atom is -0.477 e. The molecule has 1 aromatic rings. The van der Waals surface area contributed by atoms with E-state index in [0.29, 0.717) is 5.92 Å². The smallest absolute Gasteiger partial charge is 0.354 e. The predicted molar refractivity (Wildman–Crippen MR) is 62.0 cm³/mol. The molecule has 86 valence electrons. The first-order valence-electron chi connectivity index (χ1n) is 5.58. The van der Waals surface area contributed by atoms with Crippen LogP contribution >= 0.6 is 11.6 Å². The molecule has 0 radical (unpaired) electrons. The molecule has 0 bridgehead atoms. The minimum atomic E-state index is -0.983. The van der Waals surface area contributed by atoms with Crippen molar-refractivity contribution in [1.29, 1.82) is 0 Å². The molecule has 0 aromatic carbocycles. The molecule has 0 amide bonds. The van der Waals surface area contributed by atoms with Crippen LogP contribution in [0.1, 0.15) is 54.1 Å². The van der Waals surface area contributed by atoms with Crippen LogP contribution in [0, 0.1) is 0 Å². The monoisotopic (exact) mass is 239 g/mol. The van der Waals surface area contributed by atoms with Crippen molar-refractivity contribution in [2.24, 2.45) is 0 Å². The van der Waals surface area contributed by atoms with Gasteiger partial charge in [0.1, 0.15) is 5.15 Å². The third-order valence-electron chi connectivity index (χ3n) is 3.14. The van der Waals surface area contributed by atoms with Crippen LogP contribution in [0.15, 0.2) is 12.1 Å². The molecule has 2 rings (SSSR count). The van der Waals surface area contributed by atoms with E-state index < -0.39 is 5.97 Å². The average Bonchev–Trinajstić information content (AvgIpc) is 2.30. The maximum absolute atomic E-state index is 11.1. The van der Waals surface area contributed by atoms with Crippen LogP contribution in [-0.4, -0.2) is 16.1 Å². The number of pyridine rings is 1. The van der Waals surface area contributed by atoms with Gasteiger partial charge in [0.2, 0.25) is 0 Å². The molecule has 0 spiro atoms. The summed E-state index contributed by atoms with van der Waals surface area (Å²) in [5.41, 5.74) is 0.969.